The third-order valence-corrected chi connectivity index (χ3v) is 5.17. The number of aryl methyl sites for hydroxylation is 1. The first-order valence-corrected chi connectivity index (χ1v) is 9.00. The van der Waals surface area contributed by atoms with E-state index in [9.17, 15) is 15.2 Å². The predicted octanol–water partition coefficient (Wildman–Crippen LogP) is 4.17. The average molecular weight is 349 g/mol. The van der Waals surface area contributed by atoms with Gasteiger partial charge in [0.25, 0.3) is 0 Å². The van der Waals surface area contributed by atoms with Gasteiger partial charge in [0.15, 0.2) is 0 Å². The molecule has 0 amide bonds. The topological polar surface area (TPSA) is 77.2 Å². The number of aromatic carboxylic acids is 1. The van der Waals surface area contributed by atoms with E-state index in [1.54, 1.807) is 6.92 Å². The fraction of sp³-hybridized carbons (Fsp3) is 0.381. The number of nitrogens with zero attached hydrogens (tertiary/aromatic N) is 3. The van der Waals surface area contributed by atoms with Crippen LogP contribution >= 0.6 is 0 Å². The molecule has 0 radical (unpaired) electrons. The summed E-state index contributed by atoms with van der Waals surface area (Å²) in [6.07, 6.45) is 3.83. The molecule has 2 aromatic rings. The summed E-state index contributed by atoms with van der Waals surface area (Å²) in [6, 6.07) is 11.9. The minimum Gasteiger partial charge on any atom is -0.478 e. The molecule has 134 valence electrons. The van der Waals surface area contributed by atoms with Gasteiger partial charge in [0.2, 0.25) is 0 Å². The van der Waals surface area contributed by atoms with E-state index in [-0.39, 0.29) is 11.1 Å². The number of piperidine rings is 1. The number of likely N-dealkylation sites (tertiary alicyclic amines) is 1. The molecule has 1 saturated heterocycles. The highest BCUT2D eigenvalue weighted by Crippen LogP contribution is 2.28. The molecular formula is C21H23N3O2. The number of hydrogen-bond donors (Lipinski definition) is 1. The van der Waals surface area contributed by atoms with Gasteiger partial charge in [0, 0.05) is 11.6 Å². The monoisotopic (exact) mass is 349 g/mol. The summed E-state index contributed by atoms with van der Waals surface area (Å²) in [5.41, 5.74) is 3.37. The first kappa shape index (κ1) is 18.1. The number of aromatic nitrogens is 1. The van der Waals surface area contributed by atoms with Crippen LogP contribution < -0.4 is 0 Å². The van der Waals surface area contributed by atoms with Crippen LogP contribution in [0.2, 0.25) is 0 Å². The van der Waals surface area contributed by atoms with E-state index >= 15 is 0 Å². The Morgan fingerprint density at radius 1 is 1.23 bits per heavy atom. The second kappa shape index (κ2) is 7.67. The van der Waals surface area contributed by atoms with E-state index in [2.05, 4.69) is 35.0 Å². The maximum Gasteiger partial charge on any atom is 0.337 e. The summed E-state index contributed by atoms with van der Waals surface area (Å²) in [7, 11) is 0. The van der Waals surface area contributed by atoms with Crippen LogP contribution in [-0.4, -0.2) is 34.0 Å². The molecule has 0 aliphatic carbocycles. The average Bonchev–Trinajstić information content (AvgIpc) is 2.67. The van der Waals surface area contributed by atoms with Crippen LogP contribution in [0.5, 0.6) is 0 Å². The quantitative estimate of drug-likeness (QED) is 0.896. The molecule has 3 rings (SSSR count). The summed E-state index contributed by atoms with van der Waals surface area (Å²) in [5, 5.41) is 18.6. The standard InChI is InChI=1S/C21H23N3O2/c1-14-19(21(25)26)12-18(13-22)20(23-14)17-8-6-16(7-9-17)15(2)24-10-4-3-5-11-24/h6-9,12,15H,3-5,10-11H2,1-2H3,(H,25,26). The van der Waals surface area contributed by atoms with E-state index in [0.717, 1.165) is 18.7 Å². The van der Waals surface area contributed by atoms with Crippen molar-refractivity contribution in [2.45, 2.75) is 39.2 Å². The Kier molecular flexibility index (Phi) is 5.34. The Labute approximate surface area is 153 Å². The predicted molar refractivity (Wildman–Crippen MR) is 99.9 cm³/mol. The van der Waals surface area contributed by atoms with Crippen LogP contribution in [0.25, 0.3) is 11.3 Å². The molecule has 26 heavy (non-hydrogen) atoms. The molecule has 2 heterocycles. The van der Waals surface area contributed by atoms with Gasteiger partial charge < -0.3 is 5.11 Å². The van der Waals surface area contributed by atoms with E-state index in [1.165, 1.54) is 30.9 Å². The molecule has 1 aliphatic rings. The molecule has 1 aromatic carbocycles. The summed E-state index contributed by atoms with van der Waals surface area (Å²) in [5.74, 6) is -1.07. The number of benzene rings is 1. The molecule has 0 saturated carbocycles. The van der Waals surface area contributed by atoms with Crippen molar-refractivity contribution in [3.05, 3.63) is 52.7 Å². The smallest absolute Gasteiger partial charge is 0.337 e. The van der Waals surface area contributed by atoms with Gasteiger partial charge in [-0.2, -0.15) is 5.26 Å². The lowest BCUT2D eigenvalue weighted by Gasteiger charge is -2.32. The van der Waals surface area contributed by atoms with E-state index in [1.807, 2.05) is 12.1 Å². The molecule has 1 fully saturated rings. The summed E-state index contributed by atoms with van der Waals surface area (Å²) >= 11 is 0. The van der Waals surface area contributed by atoms with Gasteiger partial charge in [-0.1, -0.05) is 30.7 Å². The largest absolute Gasteiger partial charge is 0.478 e. The van der Waals surface area contributed by atoms with Crippen molar-refractivity contribution in [2.24, 2.45) is 0 Å². The molecular weight excluding hydrogens is 326 g/mol. The van der Waals surface area contributed by atoms with E-state index in [0.29, 0.717) is 17.4 Å². The van der Waals surface area contributed by atoms with Gasteiger partial charge >= 0.3 is 5.97 Å². The fourth-order valence-electron chi connectivity index (χ4n) is 3.56. The Morgan fingerprint density at radius 3 is 2.46 bits per heavy atom. The molecule has 5 heteroatoms. The third-order valence-electron chi connectivity index (χ3n) is 5.17. The zero-order chi connectivity index (χ0) is 18.7. The number of hydrogen-bond acceptors (Lipinski definition) is 4. The number of rotatable bonds is 4. The number of carboxylic acid groups (broad SMARTS) is 1. The van der Waals surface area contributed by atoms with Crippen molar-refractivity contribution < 1.29 is 9.90 Å². The van der Waals surface area contributed by atoms with E-state index < -0.39 is 5.97 Å². The molecule has 1 N–H and O–H groups in total. The summed E-state index contributed by atoms with van der Waals surface area (Å²) < 4.78 is 0. The lowest BCUT2D eigenvalue weighted by Crippen LogP contribution is -2.32. The fourth-order valence-corrected chi connectivity index (χ4v) is 3.56. The minimum absolute atomic E-state index is 0.0700. The minimum atomic E-state index is -1.07. The van der Waals surface area contributed by atoms with Gasteiger partial charge in [-0.05, 0) is 51.4 Å². The molecule has 1 aromatic heterocycles. The molecule has 5 nitrogen and oxygen atoms in total. The molecule has 1 unspecified atom stereocenters. The first-order valence-electron chi connectivity index (χ1n) is 9.00. The SMILES string of the molecule is Cc1nc(-c2ccc(C(C)N3CCCCC3)cc2)c(C#N)cc1C(=O)O. The highest BCUT2D eigenvalue weighted by atomic mass is 16.4. The number of carboxylic acids is 1. The van der Waals surface area contributed by atoms with Crippen LogP contribution in [0, 0.1) is 18.3 Å². The Balaban J connectivity index is 1.90. The third kappa shape index (κ3) is 3.61. The summed E-state index contributed by atoms with van der Waals surface area (Å²) in [4.78, 5) is 18.1. The summed E-state index contributed by atoms with van der Waals surface area (Å²) in [6.45, 7) is 6.16. The molecule has 0 bridgehead atoms. The normalized spacial score (nSPS) is 16.0. The van der Waals surface area contributed by atoms with Crippen LogP contribution in [0.1, 0.15) is 59.4 Å². The van der Waals surface area contributed by atoms with Crippen molar-refractivity contribution in [3.63, 3.8) is 0 Å². The number of pyridine rings is 1. The van der Waals surface area contributed by atoms with Crippen LogP contribution in [0.3, 0.4) is 0 Å². The Bertz CT molecular complexity index is 847. The Morgan fingerprint density at radius 2 is 1.88 bits per heavy atom. The van der Waals surface area contributed by atoms with Gasteiger partial charge in [-0.15, -0.1) is 0 Å². The zero-order valence-corrected chi connectivity index (χ0v) is 15.2. The first-order chi connectivity index (χ1) is 12.5. The van der Waals surface area contributed by atoms with Crippen molar-refractivity contribution in [2.75, 3.05) is 13.1 Å². The Hall–Kier alpha value is -2.71. The van der Waals surface area contributed by atoms with Gasteiger partial charge in [0.1, 0.15) is 6.07 Å². The van der Waals surface area contributed by atoms with Gasteiger partial charge in [0.05, 0.1) is 22.5 Å². The van der Waals surface area contributed by atoms with Gasteiger partial charge in [-0.3, -0.25) is 9.88 Å². The van der Waals surface area contributed by atoms with Crippen molar-refractivity contribution >= 4 is 5.97 Å². The molecule has 1 atom stereocenters. The molecule has 1 aliphatic heterocycles. The second-order valence-corrected chi connectivity index (χ2v) is 6.83. The lowest BCUT2D eigenvalue weighted by atomic mass is 9.98. The van der Waals surface area contributed by atoms with Gasteiger partial charge in [-0.25, -0.2) is 4.79 Å². The highest BCUT2D eigenvalue weighted by Gasteiger charge is 2.19. The van der Waals surface area contributed by atoms with Crippen molar-refractivity contribution in [1.29, 1.82) is 5.26 Å². The van der Waals surface area contributed by atoms with Crippen molar-refractivity contribution in [3.8, 4) is 17.3 Å². The maximum atomic E-state index is 11.3. The second-order valence-electron chi connectivity index (χ2n) is 6.83. The lowest BCUT2D eigenvalue weighted by molar-refractivity contribution is 0.0695. The van der Waals surface area contributed by atoms with Crippen molar-refractivity contribution in [1.82, 2.24) is 9.88 Å². The van der Waals surface area contributed by atoms with E-state index in [4.69, 9.17) is 0 Å². The van der Waals surface area contributed by atoms with Crippen LogP contribution in [0.15, 0.2) is 30.3 Å². The molecule has 0 spiro atoms. The maximum absolute atomic E-state index is 11.3. The van der Waals surface area contributed by atoms with Crippen LogP contribution in [0.4, 0.5) is 0 Å². The number of nitriles is 1. The number of carbonyl (C=O) groups is 1. The highest BCUT2D eigenvalue weighted by molar-refractivity contribution is 5.90. The van der Waals surface area contributed by atoms with Crippen LogP contribution in [-0.2, 0) is 0 Å². The zero-order valence-electron chi connectivity index (χ0n) is 15.2.